The van der Waals surface area contributed by atoms with E-state index in [0.29, 0.717) is 19.5 Å². The van der Waals surface area contributed by atoms with Gasteiger partial charge in [0.1, 0.15) is 0 Å². The lowest BCUT2D eigenvalue weighted by Crippen LogP contribution is -2.37. The molecule has 0 saturated carbocycles. The number of nitrogens with zero attached hydrogens (tertiary/aromatic N) is 3. The summed E-state index contributed by atoms with van der Waals surface area (Å²) in [5.41, 5.74) is 2.93. The number of guanidine groups is 1. The molecule has 1 heterocycles. The third kappa shape index (κ3) is 6.23. The molecule has 0 bridgehead atoms. The Balaban J connectivity index is 1.97. The fraction of sp³-hybridized carbons (Fsp3) is 0.421. The Kier molecular flexibility index (Phi) is 7.67. The first-order chi connectivity index (χ1) is 12.6. The highest BCUT2D eigenvalue weighted by Gasteiger charge is 2.03. The quantitative estimate of drug-likeness (QED) is 0.501. The number of aromatic nitrogens is 2. The number of hydrogen-bond acceptors (Lipinski definition) is 3. The summed E-state index contributed by atoms with van der Waals surface area (Å²) in [6, 6.07) is 9.76. The molecule has 0 aliphatic carbocycles. The van der Waals surface area contributed by atoms with E-state index in [2.05, 4.69) is 26.0 Å². The molecule has 0 spiro atoms. The number of nitrogens with one attached hydrogen (secondary N) is 3. The van der Waals surface area contributed by atoms with Crippen LogP contribution >= 0.6 is 0 Å². The topological polar surface area (TPSA) is 83.3 Å². The smallest absolute Gasteiger partial charge is 0.224 e. The lowest BCUT2D eigenvalue weighted by molar-refractivity contribution is -0.116. The second kappa shape index (κ2) is 10.2. The predicted molar refractivity (Wildman–Crippen MR) is 105 cm³/mol. The lowest BCUT2D eigenvalue weighted by atomic mass is 10.2. The SMILES string of the molecule is CCCC(=O)Nc1cccc(CN=C(NCC)NCc2ccnn2C)c1. The molecule has 1 aromatic heterocycles. The summed E-state index contributed by atoms with van der Waals surface area (Å²) in [5.74, 6) is 0.786. The fourth-order valence-electron chi connectivity index (χ4n) is 2.46. The monoisotopic (exact) mass is 356 g/mol. The van der Waals surface area contributed by atoms with Crippen LogP contribution in [0.5, 0.6) is 0 Å². The molecule has 26 heavy (non-hydrogen) atoms. The largest absolute Gasteiger partial charge is 0.357 e. The second-order valence-electron chi connectivity index (χ2n) is 5.99. The van der Waals surface area contributed by atoms with E-state index in [4.69, 9.17) is 0 Å². The summed E-state index contributed by atoms with van der Waals surface area (Å²) in [5, 5.41) is 13.6. The molecule has 2 aromatic rings. The second-order valence-corrected chi connectivity index (χ2v) is 5.99. The van der Waals surface area contributed by atoms with E-state index in [9.17, 15) is 4.79 Å². The summed E-state index contributed by atoms with van der Waals surface area (Å²) in [7, 11) is 1.92. The van der Waals surface area contributed by atoms with Gasteiger partial charge in [-0.15, -0.1) is 0 Å². The number of rotatable bonds is 8. The average molecular weight is 356 g/mol. The minimum Gasteiger partial charge on any atom is -0.357 e. The van der Waals surface area contributed by atoms with Crippen LogP contribution in [0.1, 0.15) is 37.9 Å². The van der Waals surface area contributed by atoms with Crippen molar-refractivity contribution in [2.45, 2.75) is 39.8 Å². The number of carbonyl (C=O) groups is 1. The minimum absolute atomic E-state index is 0.0410. The Morgan fingerprint density at radius 3 is 2.77 bits per heavy atom. The lowest BCUT2D eigenvalue weighted by Gasteiger charge is -2.12. The van der Waals surface area contributed by atoms with Gasteiger partial charge in [-0.3, -0.25) is 9.48 Å². The fourth-order valence-corrected chi connectivity index (χ4v) is 2.46. The van der Waals surface area contributed by atoms with Crippen molar-refractivity contribution >= 4 is 17.6 Å². The zero-order valence-corrected chi connectivity index (χ0v) is 15.7. The molecule has 7 heteroatoms. The first-order valence-corrected chi connectivity index (χ1v) is 9.00. The molecule has 0 saturated heterocycles. The van der Waals surface area contributed by atoms with E-state index < -0.39 is 0 Å². The maximum Gasteiger partial charge on any atom is 0.224 e. The molecule has 0 aliphatic heterocycles. The van der Waals surface area contributed by atoms with Crippen LogP contribution in [0.2, 0.25) is 0 Å². The summed E-state index contributed by atoms with van der Waals surface area (Å²) >= 11 is 0. The van der Waals surface area contributed by atoms with Gasteiger partial charge in [-0.2, -0.15) is 5.10 Å². The third-order valence-corrected chi connectivity index (χ3v) is 3.81. The van der Waals surface area contributed by atoms with Crippen LogP contribution in [-0.4, -0.2) is 28.2 Å². The van der Waals surface area contributed by atoms with E-state index in [1.54, 1.807) is 6.20 Å². The van der Waals surface area contributed by atoms with Gasteiger partial charge in [-0.1, -0.05) is 19.1 Å². The van der Waals surface area contributed by atoms with Gasteiger partial charge >= 0.3 is 0 Å². The van der Waals surface area contributed by atoms with Crippen molar-refractivity contribution in [2.24, 2.45) is 12.0 Å². The number of anilines is 1. The normalized spacial score (nSPS) is 11.3. The maximum atomic E-state index is 11.7. The zero-order valence-electron chi connectivity index (χ0n) is 15.7. The molecule has 0 atom stereocenters. The minimum atomic E-state index is 0.0410. The molecule has 7 nitrogen and oxygen atoms in total. The van der Waals surface area contributed by atoms with Gasteiger partial charge in [0.05, 0.1) is 18.8 Å². The molecular formula is C19H28N6O. The van der Waals surface area contributed by atoms with E-state index in [1.165, 1.54) is 0 Å². The molecule has 3 N–H and O–H groups in total. The number of hydrogen-bond donors (Lipinski definition) is 3. The van der Waals surface area contributed by atoms with Crippen molar-refractivity contribution in [3.63, 3.8) is 0 Å². The molecule has 0 fully saturated rings. The number of amides is 1. The number of aliphatic imine (C=N–C) groups is 1. The first kappa shape index (κ1) is 19.5. The van der Waals surface area contributed by atoms with Gasteiger partial charge < -0.3 is 16.0 Å². The number of carbonyl (C=O) groups excluding carboxylic acids is 1. The number of benzene rings is 1. The first-order valence-electron chi connectivity index (χ1n) is 9.00. The molecule has 0 aliphatic rings. The van der Waals surface area contributed by atoms with Crippen LogP contribution in [0, 0.1) is 0 Å². The van der Waals surface area contributed by atoms with E-state index in [0.717, 1.165) is 35.9 Å². The van der Waals surface area contributed by atoms with Gasteiger partial charge in [0.2, 0.25) is 5.91 Å². The van der Waals surface area contributed by atoms with Crippen molar-refractivity contribution in [2.75, 3.05) is 11.9 Å². The summed E-state index contributed by atoms with van der Waals surface area (Å²) in [6.07, 6.45) is 3.15. The molecule has 0 unspecified atom stereocenters. The van der Waals surface area contributed by atoms with Crippen molar-refractivity contribution in [1.82, 2.24) is 20.4 Å². The Hall–Kier alpha value is -2.83. The summed E-state index contributed by atoms with van der Waals surface area (Å²) in [4.78, 5) is 16.4. The maximum absolute atomic E-state index is 11.7. The molecule has 1 aromatic carbocycles. The van der Waals surface area contributed by atoms with Gasteiger partial charge in [0, 0.05) is 31.9 Å². The van der Waals surface area contributed by atoms with E-state index in [-0.39, 0.29) is 5.91 Å². The molecule has 1 amide bonds. The third-order valence-electron chi connectivity index (χ3n) is 3.81. The Morgan fingerprint density at radius 2 is 2.08 bits per heavy atom. The Labute approximate surface area is 154 Å². The van der Waals surface area contributed by atoms with E-state index >= 15 is 0 Å². The van der Waals surface area contributed by atoms with Crippen LogP contribution in [0.4, 0.5) is 5.69 Å². The van der Waals surface area contributed by atoms with Gasteiger partial charge in [-0.25, -0.2) is 4.99 Å². The zero-order chi connectivity index (χ0) is 18.8. The van der Waals surface area contributed by atoms with Crippen molar-refractivity contribution in [3.05, 3.63) is 47.8 Å². The molecule has 2 rings (SSSR count). The average Bonchev–Trinajstić information content (AvgIpc) is 3.03. The van der Waals surface area contributed by atoms with Gasteiger partial charge in [0.25, 0.3) is 0 Å². The number of aryl methyl sites for hydroxylation is 1. The van der Waals surface area contributed by atoms with Crippen LogP contribution in [0.25, 0.3) is 0 Å². The van der Waals surface area contributed by atoms with Crippen LogP contribution in [-0.2, 0) is 24.9 Å². The highest BCUT2D eigenvalue weighted by molar-refractivity contribution is 5.90. The Morgan fingerprint density at radius 1 is 1.23 bits per heavy atom. The van der Waals surface area contributed by atoms with Crippen molar-refractivity contribution in [3.8, 4) is 0 Å². The van der Waals surface area contributed by atoms with E-state index in [1.807, 2.05) is 55.9 Å². The van der Waals surface area contributed by atoms with Crippen LogP contribution in [0.3, 0.4) is 0 Å². The highest BCUT2D eigenvalue weighted by atomic mass is 16.1. The van der Waals surface area contributed by atoms with Crippen molar-refractivity contribution in [1.29, 1.82) is 0 Å². The standard InChI is InChI=1S/C19H28N6O/c1-4-7-18(26)24-16-9-6-8-15(12-16)13-21-19(20-5-2)22-14-17-10-11-23-25(17)3/h6,8-12H,4-5,7,13-14H2,1-3H3,(H,24,26)(H2,20,21,22). The van der Waals surface area contributed by atoms with Crippen LogP contribution < -0.4 is 16.0 Å². The Bertz CT molecular complexity index is 737. The van der Waals surface area contributed by atoms with Gasteiger partial charge in [0.15, 0.2) is 5.96 Å². The molecule has 0 radical (unpaired) electrons. The summed E-state index contributed by atoms with van der Waals surface area (Å²) < 4.78 is 1.83. The highest BCUT2D eigenvalue weighted by Crippen LogP contribution is 2.12. The van der Waals surface area contributed by atoms with Crippen LogP contribution in [0.15, 0.2) is 41.5 Å². The molecule has 140 valence electrons. The van der Waals surface area contributed by atoms with Gasteiger partial charge in [-0.05, 0) is 37.1 Å². The summed E-state index contributed by atoms with van der Waals surface area (Å²) in [6.45, 7) is 5.98. The predicted octanol–water partition coefficient (Wildman–Crippen LogP) is 2.41. The van der Waals surface area contributed by atoms with Crippen molar-refractivity contribution < 1.29 is 4.79 Å². The molecular weight excluding hydrogens is 328 g/mol.